The number of esters is 2. The Bertz CT molecular complexity index is 755. The molecule has 2 aromatic rings. The van der Waals surface area contributed by atoms with E-state index in [-0.39, 0.29) is 11.9 Å². The number of ether oxygens (including phenoxy) is 4. The number of para-hydroxylation sites is 2. The van der Waals surface area contributed by atoms with E-state index in [1.165, 1.54) is 0 Å². The molecule has 0 amide bonds. The van der Waals surface area contributed by atoms with Crippen LogP contribution in [0.3, 0.4) is 0 Å². The average Bonchev–Trinajstić information content (AvgIpc) is 2.87. The molecule has 0 saturated carbocycles. The lowest BCUT2D eigenvalue weighted by molar-refractivity contribution is -0.159. The Balaban J connectivity index is 0. The summed E-state index contributed by atoms with van der Waals surface area (Å²) in [5, 5.41) is 8.07. The van der Waals surface area contributed by atoms with Gasteiger partial charge in [0.15, 0.2) is 11.2 Å². The molecule has 37 heavy (non-hydrogen) atoms. The number of unbranched alkanes of at least 4 members (excludes halogenated alkanes) is 1. The molecule has 0 atom stereocenters. The molecule has 0 aliphatic heterocycles. The lowest BCUT2D eigenvalue weighted by Gasteiger charge is -2.23. The normalized spacial score (nSPS) is 10.1. The Labute approximate surface area is 231 Å². The Morgan fingerprint density at radius 1 is 0.703 bits per heavy atom. The molecule has 2 rings (SSSR count). The number of hydrogen-bond donors (Lipinski definition) is 1. The van der Waals surface area contributed by atoms with Crippen molar-refractivity contribution in [2.45, 2.75) is 72.5 Å². The highest BCUT2D eigenvalue weighted by Crippen LogP contribution is 2.19. The number of carbonyl (C=O) groups is 2. The third-order valence-electron chi connectivity index (χ3n) is 4.28. The molecule has 0 unspecified atom stereocenters. The van der Waals surface area contributed by atoms with Gasteiger partial charge in [-0.3, -0.25) is 0 Å². The highest BCUT2D eigenvalue weighted by atomic mass is 79.9. The zero-order valence-electron chi connectivity index (χ0n) is 23.6. The maximum absolute atomic E-state index is 11.5. The Morgan fingerprint density at radius 3 is 1.24 bits per heavy atom. The minimum atomic E-state index is -0.947. The zero-order chi connectivity index (χ0) is 28.7. The fourth-order valence-corrected chi connectivity index (χ4v) is 2.42. The molecule has 1 N–H and O–H groups in total. The quantitative estimate of drug-likeness (QED) is 0.248. The lowest BCUT2D eigenvalue weighted by Crippen LogP contribution is -2.39. The SMILES string of the molecule is CBr.CCCCO.CCOC(=O)C(C)(C)Oc1ccccc1.CCOC(=O)C(C)(C)Oc1ccccc1. The molecule has 2 aromatic carbocycles. The highest BCUT2D eigenvalue weighted by molar-refractivity contribution is 9.08. The monoisotopic (exact) mass is 584 g/mol. The fraction of sp³-hybridized carbons (Fsp3) is 0.517. The first-order valence-electron chi connectivity index (χ1n) is 12.3. The van der Waals surface area contributed by atoms with Gasteiger partial charge in [-0.25, -0.2) is 9.59 Å². The second kappa shape index (κ2) is 21.5. The summed E-state index contributed by atoms with van der Waals surface area (Å²) < 4.78 is 20.9. The third kappa shape index (κ3) is 17.5. The second-order valence-corrected chi connectivity index (χ2v) is 8.37. The molecule has 0 spiro atoms. The van der Waals surface area contributed by atoms with E-state index in [4.69, 9.17) is 24.1 Å². The minimum Gasteiger partial charge on any atom is -0.476 e. The standard InChI is InChI=1S/2C12H16O3.C4H10O.CH3Br/c2*1-4-14-11(13)12(2,3)15-10-8-6-5-7-9-10;1-2-3-4-5;1-2/h2*5-9H,4H2,1-3H3;5H,2-4H2,1H3;1H3. The van der Waals surface area contributed by atoms with Crippen LogP contribution in [-0.2, 0) is 19.1 Å². The van der Waals surface area contributed by atoms with E-state index in [9.17, 15) is 9.59 Å². The molecule has 7 nitrogen and oxygen atoms in total. The van der Waals surface area contributed by atoms with Crippen molar-refractivity contribution in [1.82, 2.24) is 0 Å². The van der Waals surface area contributed by atoms with Crippen molar-refractivity contribution >= 4 is 27.9 Å². The summed E-state index contributed by atoms with van der Waals surface area (Å²) in [7, 11) is 0. The molecule has 0 aliphatic rings. The van der Waals surface area contributed by atoms with Crippen LogP contribution in [0.4, 0.5) is 0 Å². The first-order valence-corrected chi connectivity index (χ1v) is 13.9. The van der Waals surface area contributed by atoms with Crippen LogP contribution in [0.25, 0.3) is 0 Å². The maximum atomic E-state index is 11.5. The zero-order valence-corrected chi connectivity index (χ0v) is 25.2. The first kappa shape index (κ1) is 36.6. The molecule has 8 heteroatoms. The van der Waals surface area contributed by atoms with Crippen molar-refractivity contribution in [2.75, 3.05) is 25.7 Å². The lowest BCUT2D eigenvalue weighted by atomic mass is 10.1. The van der Waals surface area contributed by atoms with Crippen molar-refractivity contribution in [2.24, 2.45) is 0 Å². The summed E-state index contributed by atoms with van der Waals surface area (Å²) in [5.74, 6) is 2.43. The largest absolute Gasteiger partial charge is 0.476 e. The van der Waals surface area contributed by atoms with Gasteiger partial charge in [-0.15, -0.1) is 0 Å². The van der Waals surface area contributed by atoms with E-state index in [0.717, 1.165) is 12.8 Å². The highest BCUT2D eigenvalue weighted by Gasteiger charge is 2.32. The van der Waals surface area contributed by atoms with Gasteiger partial charge in [0.2, 0.25) is 0 Å². The molecular formula is C29H45BrO7. The van der Waals surface area contributed by atoms with E-state index < -0.39 is 11.2 Å². The summed E-state index contributed by atoms with van der Waals surface area (Å²) >= 11 is 2.94. The molecule has 0 heterocycles. The second-order valence-electron chi connectivity index (χ2n) is 8.37. The number of alkyl halides is 1. The Kier molecular flexibility index (Phi) is 21.3. The van der Waals surface area contributed by atoms with Crippen LogP contribution in [0.2, 0.25) is 0 Å². The van der Waals surface area contributed by atoms with Crippen molar-refractivity contribution in [3.8, 4) is 11.5 Å². The molecule has 0 saturated heterocycles. The van der Waals surface area contributed by atoms with Crippen LogP contribution in [0.1, 0.15) is 61.3 Å². The van der Waals surface area contributed by atoms with Gasteiger partial charge in [0, 0.05) is 6.61 Å². The number of aliphatic hydroxyl groups excluding tert-OH is 1. The Hall–Kier alpha value is -2.58. The summed E-state index contributed by atoms with van der Waals surface area (Å²) in [6.07, 6.45) is 2.04. The van der Waals surface area contributed by atoms with E-state index >= 15 is 0 Å². The van der Waals surface area contributed by atoms with Gasteiger partial charge >= 0.3 is 11.9 Å². The van der Waals surface area contributed by atoms with Gasteiger partial charge in [0.25, 0.3) is 0 Å². The van der Waals surface area contributed by atoms with Gasteiger partial charge in [0.05, 0.1) is 13.2 Å². The smallest absolute Gasteiger partial charge is 0.349 e. The summed E-state index contributed by atoms with van der Waals surface area (Å²) in [4.78, 5) is 23.0. The molecule has 0 radical (unpaired) electrons. The molecule has 210 valence electrons. The predicted molar refractivity (Wildman–Crippen MR) is 152 cm³/mol. The van der Waals surface area contributed by atoms with Crippen LogP contribution in [0.5, 0.6) is 11.5 Å². The topological polar surface area (TPSA) is 91.3 Å². The summed E-state index contributed by atoms with van der Waals surface area (Å²) in [6.45, 7) is 13.4. The molecule has 0 aromatic heterocycles. The molecule has 0 bridgehead atoms. The van der Waals surface area contributed by atoms with E-state index in [1.807, 2.05) is 42.2 Å². The van der Waals surface area contributed by atoms with Crippen LogP contribution in [0.15, 0.2) is 60.7 Å². The van der Waals surface area contributed by atoms with E-state index in [0.29, 0.717) is 31.3 Å². The minimum absolute atomic E-state index is 0.344. The maximum Gasteiger partial charge on any atom is 0.349 e. The molecule has 0 fully saturated rings. The summed E-state index contributed by atoms with van der Waals surface area (Å²) in [5.41, 5.74) is -1.89. The van der Waals surface area contributed by atoms with Crippen molar-refractivity contribution in [3.05, 3.63) is 60.7 Å². The van der Waals surface area contributed by atoms with Gasteiger partial charge in [-0.2, -0.15) is 0 Å². The van der Waals surface area contributed by atoms with Crippen molar-refractivity contribution in [3.63, 3.8) is 0 Å². The molecule has 0 aliphatic carbocycles. The fourth-order valence-electron chi connectivity index (χ4n) is 2.42. The number of aliphatic hydroxyl groups is 1. The number of benzene rings is 2. The average molecular weight is 586 g/mol. The van der Waals surface area contributed by atoms with Gasteiger partial charge in [-0.1, -0.05) is 65.7 Å². The van der Waals surface area contributed by atoms with E-state index in [1.54, 1.807) is 65.8 Å². The van der Waals surface area contributed by atoms with Gasteiger partial charge < -0.3 is 24.1 Å². The first-order chi connectivity index (χ1) is 17.5. The van der Waals surface area contributed by atoms with Crippen LogP contribution < -0.4 is 9.47 Å². The van der Waals surface area contributed by atoms with Crippen LogP contribution >= 0.6 is 15.9 Å². The van der Waals surface area contributed by atoms with Gasteiger partial charge in [0.1, 0.15) is 11.5 Å². The summed E-state index contributed by atoms with van der Waals surface area (Å²) in [6, 6.07) is 18.4. The number of halogens is 1. The Morgan fingerprint density at radius 2 is 1.03 bits per heavy atom. The van der Waals surface area contributed by atoms with Crippen LogP contribution in [-0.4, -0.2) is 53.9 Å². The third-order valence-corrected chi connectivity index (χ3v) is 4.28. The van der Waals surface area contributed by atoms with Crippen molar-refractivity contribution < 1.29 is 33.6 Å². The van der Waals surface area contributed by atoms with Crippen LogP contribution in [0, 0.1) is 0 Å². The van der Waals surface area contributed by atoms with Gasteiger partial charge in [-0.05, 0) is 78.1 Å². The van der Waals surface area contributed by atoms with Crippen molar-refractivity contribution in [1.29, 1.82) is 0 Å². The molecular weight excluding hydrogens is 540 g/mol. The number of rotatable bonds is 10. The van der Waals surface area contributed by atoms with E-state index in [2.05, 4.69) is 22.9 Å². The number of carbonyl (C=O) groups excluding carboxylic acids is 2. The number of hydrogen-bond acceptors (Lipinski definition) is 7. The predicted octanol–water partition coefficient (Wildman–Crippen LogP) is 6.60.